The van der Waals surface area contributed by atoms with E-state index in [4.69, 9.17) is 0 Å². The van der Waals surface area contributed by atoms with Gasteiger partial charge in [0.25, 0.3) is 5.56 Å². The van der Waals surface area contributed by atoms with E-state index >= 15 is 0 Å². The molecule has 2 heterocycles. The Balaban J connectivity index is 1.73. The van der Waals surface area contributed by atoms with Gasteiger partial charge in [-0.15, -0.1) is 11.3 Å². The van der Waals surface area contributed by atoms with E-state index in [2.05, 4.69) is 4.98 Å². The summed E-state index contributed by atoms with van der Waals surface area (Å²) >= 11 is 1.59. The molecule has 0 saturated heterocycles. The van der Waals surface area contributed by atoms with Crippen LogP contribution in [0.3, 0.4) is 0 Å². The van der Waals surface area contributed by atoms with Gasteiger partial charge in [0.15, 0.2) is 0 Å². The van der Waals surface area contributed by atoms with Crippen LogP contribution in [0.2, 0.25) is 0 Å². The summed E-state index contributed by atoms with van der Waals surface area (Å²) in [6.07, 6.45) is 2.08. The molecule has 7 heteroatoms. The average Bonchev–Trinajstić information content (AvgIpc) is 3.15. The Bertz CT molecular complexity index is 961. The lowest BCUT2D eigenvalue weighted by atomic mass is 10.1. The molecule has 6 nitrogen and oxygen atoms in total. The summed E-state index contributed by atoms with van der Waals surface area (Å²) in [6, 6.07) is 15.1. The van der Waals surface area contributed by atoms with Gasteiger partial charge in [0.05, 0.1) is 6.54 Å². The zero-order valence-electron chi connectivity index (χ0n) is 14.1. The van der Waals surface area contributed by atoms with Gasteiger partial charge >= 0.3 is 5.69 Å². The van der Waals surface area contributed by atoms with E-state index in [1.165, 1.54) is 16.8 Å². The number of nitrogens with one attached hydrogen (secondary N) is 1. The lowest BCUT2D eigenvalue weighted by Crippen LogP contribution is -2.38. The fourth-order valence-corrected chi connectivity index (χ4v) is 3.33. The minimum atomic E-state index is -0.579. The second-order valence-corrected chi connectivity index (χ2v) is 6.90. The first-order valence-corrected chi connectivity index (χ1v) is 9.13. The zero-order chi connectivity index (χ0) is 18.4. The highest BCUT2D eigenvalue weighted by molar-refractivity contribution is 7.09. The molecule has 0 unspecified atom stereocenters. The van der Waals surface area contributed by atoms with E-state index in [1.54, 1.807) is 16.2 Å². The normalized spacial score (nSPS) is 10.6. The molecule has 1 aromatic carbocycles. The molecule has 26 heavy (non-hydrogen) atoms. The molecular formula is C19H19N3O3S. The Hall–Kier alpha value is -2.93. The summed E-state index contributed by atoms with van der Waals surface area (Å²) in [5.74, 6) is -0.163. The molecule has 0 aliphatic rings. The van der Waals surface area contributed by atoms with Crippen molar-refractivity contribution < 1.29 is 4.79 Å². The number of carbonyl (C=O) groups is 1. The highest BCUT2D eigenvalue weighted by atomic mass is 32.1. The highest BCUT2D eigenvalue weighted by Crippen LogP contribution is 2.13. The summed E-state index contributed by atoms with van der Waals surface area (Å²) in [7, 11) is 0. The van der Waals surface area contributed by atoms with Crippen LogP contribution in [0.1, 0.15) is 10.4 Å². The van der Waals surface area contributed by atoms with Crippen molar-refractivity contribution >= 4 is 17.2 Å². The minimum Gasteiger partial charge on any atom is -0.336 e. The largest absolute Gasteiger partial charge is 0.336 e. The average molecular weight is 369 g/mol. The monoisotopic (exact) mass is 369 g/mol. The number of benzene rings is 1. The standard InChI is InChI=1S/C19H19N3O3S/c23-17-9-11-22(19(25)20-17)14-18(24)21(13-16-7-4-12-26-16)10-8-15-5-2-1-3-6-15/h1-7,9,11-12H,8,10,13-14H2,(H,20,23,25). The van der Waals surface area contributed by atoms with Gasteiger partial charge in [-0.3, -0.25) is 19.1 Å². The van der Waals surface area contributed by atoms with Crippen LogP contribution in [0.25, 0.3) is 0 Å². The van der Waals surface area contributed by atoms with Gasteiger partial charge < -0.3 is 4.90 Å². The molecule has 0 bridgehead atoms. The molecule has 1 N–H and O–H groups in total. The molecular weight excluding hydrogens is 350 g/mol. The molecule has 0 spiro atoms. The van der Waals surface area contributed by atoms with Crippen molar-refractivity contribution in [3.8, 4) is 0 Å². The fourth-order valence-electron chi connectivity index (χ4n) is 2.61. The Morgan fingerprint density at radius 3 is 2.58 bits per heavy atom. The van der Waals surface area contributed by atoms with Crippen LogP contribution in [0.4, 0.5) is 0 Å². The van der Waals surface area contributed by atoms with E-state index in [0.29, 0.717) is 13.1 Å². The molecule has 0 aliphatic heterocycles. The zero-order valence-corrected chi connectivity index (χ0v) is 14.9. The summed E-state index contributed by atoms with van der Waals surface area (Å²) in [5, 5.41) is 1.97. The van der Waals surface area contributed by atoms with Crippen molar-refractivity contribution in [2.24, 2.45) is 0 Å². The number of amides is 1. The maximum atomic E-state index is 12.8. The summed E-state index contributed by atoms with van der Waals surface area (Å²) in [6.45, 7) is 0.954. The van der Waals surface area contributed by atoms with Gasteiger partial charge in [0.1, 0.15) is 6.54 Å². The second-order valence-electron chi connectivity index (χ2n) is 5.87. The van der Waals surface area contributed by atoms with Crippen LogP contribution in [-0.4, -0.2) is 26.9 Å². The Morgan fingerprint density at radius 2 is 1.88 bits per heavy atom. The van der Waals surface area contributed by atoms with Gasteiger partial charge in [-0.2, -0.15) is 0 Å². The van der Waals surface area contributed by atoms with Crippen molar-refractivity contribution in [1.82, 2.24) is 14.5 Å². The van der Waals surface area contributed by atoms with E-state index in [9.17, 15) is 14.4 Å². The maximum absolute atomic E-state index is 12.8. The number of rotatable bonds is 7. The first-order chi connectivity index (χ1) is 12.6. The van der Waals surface area contributed by atoms with Crippen LogP contribution in [0.15, 0.2) is 69.7 Å². The van der Waals surface area contributed by atoms with Crippen LogP contribution < -0.4 is 11.2 Å². The molecule has 3 aromatic rings. The summed E-state index contributed by atoms with van der Waals surface area (Å²) in [5.41, 5.74) is 0.0980. The Labute approximate surface area is 154 Å². The third kappa shape index (κ3) is 4.80. The third-order valence-corrected chi connectivity index (χ3v) is 4.86. The third-order valence-electron chi connectivity index (χ3n) is 4.00. The van der Waals surface area contributed by atoms with Gasteiger partial charge in [-0.05, 0) is 23.4 Å². The van der Waals surface area contributed by atoms with Crippen LogP contribution >= 0.6 is 11.3 Å². The number of hydrogen-bond donors (Lipinski definition) is 1. The number of H-pyrrole nitrogens is 1. The number of aromatic amines is 1. The van der Waals surface area contributed by atoms with Gasteiger partial charge in [-0.25, -0.2) is 4.79 Å². The van der Waals surface area contributed by atoms with Crippen molar-refractivity contribution in [3.63, 3.8) is 0 Å². The number of carbonyl (C=O) groups excluding carboxylic acids is 1. The first kappa shape index (κ1) is 17.9. The molecule has 0 saturated carbocycles. The molecule has 0 fully saturated rings. The van der Waals surface area contributed by atoms with Crippen molar-refractivity contribution in [2.45, 2.75) is 19.5 Å². The van der Waals surface area contributed by atoms with Crippen molar-refractivity contribution in [3.05, 3.63) is 91.4 Å². The number of aromatic nitrogens is 2. The van der Waals surface area contributed by atoms with Gasteiger partial charge in [0.2, 0.25) is 5.91 Å². The van der Waals surface area contributed by atoms with E-state index < -0.39 is 11.2 Å². The van der Waals surface area contributed by atoms with Crippen LogP contribution in [-0.2, 0) is 24.3 Å². The van der Waals surface area contributed by atoms with Crippen molar-refractivity contribution in [1.29, 1.82) is 0 Å². The SMILES string of the molecule is O=C(Cn1ccc(=O)[nH]c1=O)N(CCc1ccccc1)Cc1cccs1. The second kappa shape index (κ2) is 8.44. The molecule has 2 aromatic heterocycles. The van der Waals surface area contributed by atoms with Crippen LogP contribution in [0, 0.1) is 0 Å². The van der Waals surface area contributed by atoms with E-state index in [1.807, 2.05) is 47.8 Å². The summed E-state index contributed by atoms with van der Waals surface area (Å²) in [4.78, 5) is 40.8. The smallest absolute Gasteiger partial charge is 0.328 e. The van der Waals surface area contributed by atoms with Gasteiger partial charge in [-0.1, -0.05) is 36.4 Å². The molecule has 1 amide bonds. The molecule has 134 valence electrons. The van der Waals surface area contributed by atoms with Crippen molar-refractivity contribution in [2.75, 3.05) is 6.54 Å². The first-order valence-electron chi connectivity index (χ1n) is 8.25. The molecule has 3 rings (SSSR count). The fraction of sp³-hybridized carbons (Fsp3) is 0.211. The van der Waals surface area contributed by atoms with E-state index in [-0.39, 0.29) is 12.5 Å². The lowest BCUT2D eigenvalue weighted by Gasteiger charge is -2.22. The Morgan fingerprint density at radius 1 is 1.08 bits per heavy atom. The number of hydrogen-bond acceptors (Lipinski definition) is 4. The minimum absolute atomic E-state index is 0.101. The summed E-state index contributed by atoms with van der Waals surface area (Å²) < 4.78 is 1.22. The lowest BCUT2D eigenvalue weighted by molar-refractivity contribution is -0.132. The molecule has 0 aliphatic carbocycles. The van der Waals surface area contributed by atoms with E-state index in [0.717, 1.165) is 16.9 Å². The molecule has 0 atom stereocenters. The van der Waals surface area contributed by atoms with Gasteiger partial charge in [0, 0.05) is 23.7 Å². The quantitative estimate of drug-likeness (QED) is 0.691. The topological polar surface area (TPSA) is 75.2 Å². The highest BCUT2D eigenvalue weighted by Gasteiger charge is 2.16. The number of nitrogens with zero attached hydrogens (tertiary/aromatic N) is 2. The number of thiophene rings is 1. The molecule has 0 radical (unpaired) electrons. The van der Waals surface area contributed by atoms with Crippen LogP contribution in [0.5, 0.6) is 0 Å². The maximum Gasteiger partial charge on any atom is 0.328 e. The predicted molar refractivity (Wildman–Crippen MR) is 101 cm³/mol. The Kier molecular flexibility index (Phi) is 5.80. The predicted octanol–water partition coefficient (Wildman–Crippen LogP) is 1.87.